The fraction of sp³-hybridized carbons (Fsp3) is 0.350. The molecule has 1 aromatic carbocycles. The van der Waals surface area contributed by atoms with E-state index < -0.39 is 0 Å². The predicted octanol–water partition coefficient (Wildman–Crippen LogP) is 5.62. The molecule has 2 heterocycles. The van der Waals surface area contributed by atoms with Gasteiger partial charge in [0.1, 0.15) is 0 Å². The molecule has 0 atom stereocenters. The Bertz CT molecular complexity index is 1010. The van der Waals surface area contributed by atoms with Crippen molar-refractivity contribution in [2.45, 2.75) is 46.6 Å². The van der Waals surface area contributed by atoms with Crippen molar-refractivity contribution in [3.8, 4) is 0 Å². The highest BCUT2D eigenvalue weighted by atomic mass is 79.9. The van der Waals surface area contributed by atoms with Gasteiger partial charge in [-0.1, -0.05) is 27.5 Å². The van der Waals surface area contributed by atoms with E-state index in [1.54, 1.807) is 12.1 Å². The lowest BCUT2D eigenvalue weighted by Crippen LogP contribution is -2.14. The van der Waals surface area contributed by atoms with Gasteiger partial charge < -0.3 is 5.32 Å². The van der Waals surface area contributed by atoms with Crippen LogP contribution in [0.15, 0.2) is 28.9 Å². The van der Waals surface area contributed by atoms with Crippen LogP contribution in [0.4, 0.5) is 5.69 Å². The summed E-state index contributed by atoms with van der Waals surface area (Å²) < 4.78 is 2.81. The molecule has 3 rings (SSSR count). The third-order valence-corrected chi connectivity index (χ3v) is 5.44. The van der Waals surface area contributed by atoms with E-state index in [-0.39, 0.29) is 11.9 Å². The second-order valence-electron chi connectivity index (χ2n) is 6.89. The first-order chi connectivity index (χ1) is 12.8. The standard InChI is InChI=1S/C20H22BrClN4O/c1-11(2)26-20-16(10-23-26)12(3)15(13(4)24-20)6-8-19(27)25-18-7-5-14(21)9-17(18)22/h5,7,9-11H,6,8H2,1-4H3,(H,25,27). The molecule has 0 unspecified atom stereocenters. The quantitative estimate of drug-likeness (QED) is 0.550. The van der Waals surface area contributed by atoms with Crippen molar-refractivity contribution in [2.75, 3.05) is 5.32 Å². The fourth-order valence-electron chi connectivity index (χ4n) is 3.18. The SMILES string of the molecule is Cc1nc2c(cnn2C(C)C)c(C)c1CCC(=O)Nc1ccc(Br)cc1Cl. The first kappa shape index (κ1) is 19.8. The summed E-state index contributed by atoms with van der Waals surface area (Å²) in [5.41, 5.74) is 4.69. The number of nitrogens with zero attached hydrogens (tertiary/aromatic N) is 3. The normalized spacial score (nSPS) is 11.4. The van der Waals surface area contributed by atoms with Crippen molar-refractivity contribution >= 4 is 50.2 Å². The Kier molecular flexibility index (Phi) is 5.86. The highest BCUT2D eigenvalue weighted by Gasteiger charge is 2.16. The molecule has 0 saturated heterocycles. The van der Waals surface area contributed by atoms with Crippen LogP contribution in [0.3, 0.4) is 0 Å². The predicted molar refractivity (Wildman–Crippen MR) is 113 cm³/mol. The Hall–Kier alpha value is -1.92. The van der Waals surface area contributed by atoms with Gasteiger partial charge in [0, 0.05) is 28.0 Å². The molecule has 1 amide bonds. The zero-order chi connectivity index (χ0) is 19.7. The van der Waals surface area contributed by atoms with Crippen molar-refractivity contribution < 1.29 is 4.79 Å². The van der Waals surface area contributed by atoms with E-state index in [0.29, 0.717) is 23.6 Å². The van der Waals surface area contributed by atoms with Gasteiger partial charge in [-0.2, -0.15) is 5.10 Å². The lowest BCUT2D eigenvalue weighted by Gasteiger charge is -2.13. The number of amides is 1. The lowest BCUT2D eigenvalue weighted by atomic mass is 10.0. The van der Waals surface area contributed by atoms with Crippen molar-refractivity contribution in [2.24, 2.45) is 0 Å². The molecule has 5 nitrogen and oxygen atoms in total. The minimum Gasteiger partial charge on any atom is -0.325 e. The molecule has 7 heteroatoms. The van der Waals surface area contributed by atoms with Gasteiger partial charge in [-0.15, -0.1) is 0 Å². The molecular weight excluding hydrogens is 428 g/mol. The molecule has 0 aliphatic rings. The number of fused-ring (bicyclic) bond motifs is 1. The van der Waals surface area contributed by atoms with Gasteiger partial charge in [-0.3, -0.25) is 4.79 Å². The number of pyridine rings is 1. The topological polar surface area (TPSA) is 59.8 Å². The van der Waals surface area contributed by atoms with Gasteiger partial charge in [-0.05, 0) is 63.4 Å². The second-order valence-corrected chi connectivity index (χ2v) is 8.22. The van der Waals surface area contributed by atoms with Crippen LogP contribution in [0.2, 0.25) is 5.02 Å². The smallest absolute Gasteiger partial charge is 0.224 e. The molecular formula is C20H22BrClN4O. The van der Waals surface area contributed by atoms with Crippen LogP contribution in [0.1, 0.15) is 43.1 Å². The zero-order valence-corrected chi connectivity index (χ0v) is 18.1. The van der Waals surface area contributed by atoms with Crippen LogP contribution in [-0.4, -0.2) is 20.7 Å². The zero-order valence-electron chi connectivity index (χ0n) is 15.8. The molecule has 0 spiro atoms. The summed E-state index contributed by atoms with van der Waals surface area (Å²) in [6, 6.07) is 5.64. The molecule has 27 heavy (non-hydrogen) atoms. The van der Waals surface area contributed by atoms with E-state index in [4.69, 9.17) is 16.6 Å². The van der Waals surface area contributed by atoms with Crippen molar-refractivity contribution in [3.05, 3.63) is 50.7 Å². The maximum Gasteiger partial charge on any atom is 0.224 e. The molecule has 0 bridgehead atoms. The lowest BCUT2D eigenvalue weighted by molar-refractivity contribution is -0.116. The molecule has 0 aliphatic heterocycles. The van der Waals surface area contributed by atoms with E-state index in [1.165, 1.54) is 0 Å². The number of benzene rings is 1. The van der Waals surface area contributed by atoms with E-state index in [0.717, 1.165) is 32.3 Å². The number of anilines is 1. The third kappa shape index (κ3) is 4.17. The molecule has 142 valence electrons. The van der Waals surface area contributed by atoms with Gasteiger partial charge in [-0.25, -0.2) is 9.67 Å². The minimum absolute atomic E-state index is 0.0732. The Morgan fingerprint density at radius 2 is 2.07 bits per heavy atom. The molecule has 0 aliphatic carbocycles. The summed E-state index contributed by atoms with van der Waals surface area (Å²) in [5, 5.41) is 8.89. The van der Waals surface area contributed by atoms with Crippen LogP contribution in [0, 0.1) is 13.8 Å². The fourth-order valence-corrected chi connectivity index (χ4v) is 3.90. The Labute approximate surface area is 172 Å². The maximum absolute atomic E-state index is 12.4. The summed E-state index contributed by atoms with van der Waals surface area (Å²) in [5.74, 6) is -0.0732. The monoisotopic (exact) mass is 448 g/mol. The Morgan fingerprint density at radius 3 is 2.74 bits per heavy atom. The van der Waals surface area contributed by atoms with Crippen LogP contribution in [-0.2, 0) is 11.2 Å². The summed E-state index contributed by atoms with van der Waals surface area (Å²) in [4.78, 5) is 17.1. The van der Waals surface area contributed by atoms with Gasteiger partial charge in [0.2, 0.25) is 5.91 Å². The van der Waals surface area contributed by atoms with Crippen LogP contribution >= 0.6 is 27.5 Å². The number of aromatic nitrogens is 3. The summed E-state index contributed by atoms with van der Waals surface area (Å²) >= 11 is 9.53. The van der Waals surface area contributed by atoms with Crippen LogP contribution in [0.5, 0.6) is 0 Å². The van der Waals surface area contributed by atoms with Crippen LogP contribution < -0.4 is 5.32 Å². The third-order valence-electron chi connectivity index (χ3n) is 4.63. The van der Waals surface area contributed by atoms with E-state index in [9.17, 15) is 4.79 Å². The number of rotatable bonds is 5. The van der Waals surface area contributed by atoms with E-state index in [1.807, 2.05) is 23.9 Å². The van der Waals surface area contributed by atoms with E-state index >= 15 is 0 Å². The van der Waals surface area contributed by atoms with Gasteiger partial charge in [0.05, 0.1) is 16.9 Å². The molecule has 0 saturated carbocycles. The highest BCUT2D eigenvalue weighted by molar-refractivity contribution is 9.10. The van der Waals surface area contributed by atoms with E-state index in [2.05, 4.69) is 47.1 Å². The van der Waals surface area contributed by atoms with Crippen molar-refractivity contribution in [1.29, 1.82) is 0 Å². The molecule has 0 radical (unpaired) electrons. The Balaban J connectivity index is 1.77. The number of nitrogens with one attached hydrogen (secondary N) is 1. The number of aryl methyl sites for hydroxylation is 2. The first-order valence-electron chi connectivity index (χ1n) is 8.86. The number of carbonyl (C=O) groups excluding carboxylic acids is 1. The number of hydrogen-bond donors (Lipinski definition) is 1. The Morgan fingerprint density at radius 1 is 1.33 bits per heavy atom. The highest BCUT2D eigenvalue weighted by Crippen LogP contribution is 2.27. The molecule has 3 aromatic rings. The summed E-state index contributed by atoms with van der Waals surface area (Å²) in [6.45, 7) is 8.24. The number of hydrogen-bond acceptors (Lipinski definition) is 3. The minimum atomic E-state index is -0.0732. The summed E-state index contributed by atoms with van der Waals surface area (Å²) in [7, 11) is 0. The van der Waals surface area contributed by atoms with Crippen molar-refractivity contribution in [1.82, 2.24) is 14.8 Å². The average Bonchev–Trinajstić information content (AvgIpc) is 3.01. The van der Waals surface area contributed by atoms with Gasteiger partial charge in [0.25, 0.3) is 0 Å². The molecule has 0 fully saturated rings. The largest absolute Gasteiger partial charge is 0.325 e. The average molecular weight is 450 g/mol. The summed E-state index contributed by atoms with van der Waals surface area (Å²) in [6.07, 6.45) is 2.84. The molecule has 1 N–H and O–H groups in total. The number of halogens is 2. The maximum atomic E-state index is 12.4. The second kappa shape index (κ2) is 7.98. The van der Waals surface area contributed by atoms with Gasteiger partial charge in [0.15, 0.2) is 5.65 Å². The number of carbonyl (C=O) groups is 1. The molecule has 2 aromatic heterocycles. The first-order valence-corrected chi connectivity index (χ1v) is 10.0. The van der Waals surface area contributed by atoms with Crippen molar-refractivity contribution in [3.63, 3.8) is 0 Å². The van der Waals surface area contributed by atoms with Gasteiger partial charge >= 0.3 is 0 Å². The van der Waals surface area contributed by atoms with Crippen LogP contribution in [0.25, 0.3) is 11.0 Å².